The maximum Gasteiger partial charge on any atom is -0.00774 e. The van der Waals surface area contributed by atoms with Crippen molar-refractivity contribution in [2.45, 2.75) is 19.8 Å². The summed E-state index contributed by atoms with van der Waals surface area (Å²) in [6.07, 6.45) is 2.39. The van der Waals surface area contributed by atoms with Gasteiger partial charge in [-0.15, -0.1) is 0 Å². The molecule has 1 nitrogen and oxygen atoms in total. The van der Waals surface area contributed by atoms with Crippen molar-refractivity contribution in [1.29, 1.82) is 0 Å². The van der Waals surface area contributed by atoms with Gasteiger partial charge in [-0.25, -0.2) is 0 Å². The first-order valence-corrected chi connectivity index (χ1v) is 2.12. The summed E-state index contributed by atoms with van der Waals surface area (Å²) in [5.41, 5.74) is 5.14. The smallest absolute Gasteiger partial charge is 0.00774 e. The number of hydrogen-bond acceptors (Lipinski definition) is 1. The maximum absolute atomic E-state index is 5.14. The maximum atomic E-state index is 5.14. The van der Waals surface area contributed by atoms with E-state index in [2.05, 4.69) is 6.92 Å². The van der Waals surface area contributed by atoms with Crippen LogP contribution in [-0.2, 0) is 0 Å². The molecule has 0 aliphatic heterocycles. The van der Waals surface area contributed by atoms with E-state index in [0.717, 1.165) is 6.54 Å². The summed E-state index contributed by atoms with van der Waals surface area (Å²) in [6.45, 7) is 2.98. The average molecular weight is 107 g/mol. The fourth-order valence-electron chi connectivity index (χ4n) is 0.204. The first-order valence-electron chi connectivity index (χ1n) is 2.12. The summed E-state index contributed by atoms with van der Waals surface area (Å²) in [5.74, 6) is 0. The minimum Gasteiger partial charge on any atom is -0.330 e. The second-order valence-electron chi connectivity index (χ2n) is 1.14. The van der Waals surface area contributed by atoms with Crippen molar-refractivity contribution in [3.63, 3.8) is 0 Å². The lowest BCUT2D eigenvalue weighted by Crippen LogP contribution is -1.95. The Morgan fingerprint density at radius 3 is 2.00 bits per heavy atom. The normalized spacial score (nSPS) is 7.00. The van der Waals surface area contributed by atoms with Crippen LogP contribution in [0.3, 0.4) is 0 Å². The van der Waals surface area contributed by atoms with Gasteiger partial charge in [0.05, 0.1) is 0 Å². The molecule has 0 aromatic carbocycles. The highest BCUT2D eigenvalue weighted by atomic mass is 31.0. The zero-order valence-electron chi connectivity index (χ0n) is 4.41. The van der Waals surface area contributed by atoms with Crippen LogP contribution in [0, 0.1) is 0 Å². The van der Waals surface area contributed by atoms with E-state index in [1.807, 2.05) is 0 Å². The molecule has 2 N–H and O–H groups in total. The molecule has 0 aliphatic rings. The van der Waals surface area contributed by atoms with Gasteiger partial charge in [0.1, 0.15) is 0 Å². The fourth-order valence-corrected chi connectivity index (χ4v) is 0.204. The molecule has 0 rings (SSSR count). The van der Waals surface area contributed by atoms with Crippen LogP contribution in [0.5, 0.6) is 0 Å². The quantitative estimate of drug-likeness (QED) is 0.519. The average Bonchev–Trinajstić information content (AvgIpc) is 1.41. The third-order valence-corrected chi connectivity index (χ3v) is 0.558. The zero-order chi connectivity index (χ0) is 4.12. The van der Waals surface area contributed by atoms with Crippen LogP contribution in [0.1, 0.15) is 19.8 Å². The van der Waals surface area contributed by atoms with Gasteiger partial charge in [-0.1, -0.05) is 13.3 Å². The highest BCUT2D eigenvalue weighted by Gasteiger charge is 1.67. The third-order valence-electron chi connectivity index (χ3n) is 0.558. The predicted octanol–water partition coefficient (Wildman–Crippen LogP) is 0.803. The van der Waals surface area contributed by atoms with E-state index in [1.54, 1.807) is 0 Å². The van der Waals surface area contributed by atoms with Gasteiger partial charge in [-0.3, -0.25) is 0 Å². The molecule has 0 spiro atoms. The van der Waals surface area contributed by atoms with E-state index in [9.17, 15) is 0 Å². The molecule has 1 unspecified atom stereocenters. The van der Waals surface area contributed by atoms with Crippen LogP contribution in [0.4, 0.5) is 0 Å². The molecule has 40 valence electrons. The van der Waals surface area contributed by atoms with E-state index in [1.165, 1.54) is 12.8 Å². The van der Waals surface area contributed by atoms with E-state index in [4.69, 9.17) is 5.73 Å². The van der Waals surface area contributed by atoms with Gasteiger partial charge in [0.2, 0.25) is 0 Å². The minimum atomic E-state index is 0. The molecule has 1 atom stereocenters. The standard InChI is InChI=1S/C4H11N.H3P/c1-2-3-4-5;/h2-5H2,1H3;1H3. The Morgan fingerprint density at radius 2 is 2.00 bits per heavy atom. The first-order chi connectivity index (χ1) is 2.41. The van der Waals surface area contributed by atoms with Crippen LogP contribution in [0.15, 0.2) is 0 Å². The molecule has 2 heteroatoms. The Labute approximate surface area is 42.9 Å². The number of rotatable bonds is 2. The molecular formula is C4H14NP. The van der Waals surface area contributed by atoms with Crippen LogP contribution in [0.2, 0.25) is 0 Å². The highest BCUT2D eigenvalue weighted by Crippen LogP contribution is 1.77. The second kappa shape index (κ2) is 9.04. The molecule has 0 radical (unpaired) electrons. The summed E-state index contributed by atoms with van der Waals surface area (Å²) in [6, 6.07) is 0. The molecule has 0 bridgehead atoms. The summed E-state index contributed by atoms with van der Waals surface area (Å²) >= 11 is 0. The second-order valence-corrected chi connectivity index (χ2v) is 1.14. The molecule has 0 aliphatic carbocycles. The van der Waals surface area contributed by atoms with Crippen molar-refractivity contribution in [2.75, 3.05) is 6.54 Å². The monoisotopic (exact) mass is 107 g/mol. The number of nitrogens with two attached hydrogens (primary N) is 1. The lowest BCUT2D eigenvalue weighted by Gasteiger charge is -1.80. The van der Waals surface area contributed by atoms with Crippen molar-refractivity contribution in [3.05, 3.63) is 0 Å². The molecule has 0 fully saturated rings. The lowest BCUT2D eigenvalue weighted by molar-refractivity contribution is 0.807. The molecule has 0 amide bonds. The molecule has 0 heterocycles. The van der Waals surface area contributed by atoms with Crippen LogP contribution in [-0.4, -0.2) is 6.54 Å². The summed E-state index contributed by atoms with van der Waals surface area (Å²) < 4.78 is 0. The zero-order valence-corrected chi connectivity index (χ0v) is 5.82. The number of hydrogen-bond donors (Lipinski definition) is 1. The largest absolute Gasteiger partial charge is 0.330 e. The van der Waals surface area contributed by atoms with Gasteiger partial charge in [-0.05, 0) is 13.0 Å². The van der Waals surface area contributed by atoms with Gasteiger partial charge < -0.3 is 5.73 Å². The summed E-state index contributed by atoms with van der Waals surface area (Å²) in [4.78, 5) is 0. The molecule has 0 saturated heterocycles. The Morgan fingerprint density at radius 1 is 1.50 bits per heavy atom. The molecule has 6 heavy (non-hydrogen) atoms. The lowest BCUT2D eigenvalue weighted by atomic mass is 10.3. The van der Waals surface area contributed by atoms with E-state index < -0.39 is 0 Å². The van der Waals surface area contributed by atoms with Gasteiger partial charge in [0.15, 0.2) is 0 Å². The van der Waals surface area contributed by atoms with Crippen LogP contribution >= 0.6 is 9.90 Å². The Balaban J connectivity index is 0. The van der Waals surface area contributed by atoms with E-state index in [0.29, 0.717) is 0 Å². The number of unbranched alkanes of at least 4 members (excludes halogenated alkanes) is 1. The van der Waals surface area contributed by atoms with Crippen molar-refractivity contribution in [2.24, 2.45) is 5.73 Å². The topological polar surface area (TPSA) is 26.0 Å². The molecule has 0 aromatic rings. The SMILES string of the molecule is CCCCN.P. The molecule has 0 aromatic heterocycles. The highest BCUT2D eigenvalue weighted by molar-refractivity contribution is 6.92. The van der Waals surface area contributed by atoms with Crippen molar-refractivity contribution < 1.29 is 0 Å². The minimum absolute atomic E-state index is 0. The van der Waals surface area contributed by atoms with E-state index in [-0.39, 0.29) is 9.90 Å². The van der Waals surface area contributed by atoms with Gasteiger partial charge in [-0.2, -0.15) is 9.90 Å². The summed E-state index contributed by atoms with van der Waals surface area (Å²) in [7, 11) is 0. The van der Waals surface area contributed by atoms with Gasteiger partial charge in [0.25, 0.3) is 0 Å². The van der Waals surface area contributed by atoms with Crippen molar-refractivity contribution in [1.82, 2.24) is 0 Å². The van der Waals surface area contributed by atoms with Crippen LogP contribution in [0.25, 0.3) is 0 Å². The Hall–Kier alpha value is 0.390. The molecular weight excluding hydrogens is 93.0 g/mol. The third kappa shape index (κ3) is 8.83. The van der Waals surface area contributed by atoms with E-state index >= 15 is 0 Å². The summed E-state index contributed by atoms with van der Waals surface area (Å²) in [5, 5.41) is 0. The van der Waals surface area contributed by atoms with Gasteiger partial charge in [0, 0.05) is 0 Å². The Kier molecular flexibility index (Phi) is 14.5. The van der Waals surface area contributed by atoms with Crippen LogP contribution < -0.4 is 5.73 Å². The molecule has 0 saturated carbocycles. The predicted molar refractivity (Wildman–Crippen MR) is 35.1 cm³/mol. The van der Waals surface area contributed by atoms with Crippen molar-refractivity contribution >= 4 is 9.90 Å². The first kappa shape index (κ1) is 9.63. The Bertz CT molecular complexity index is 15.0. The van der Waals surface area contributed by atoms with Gasteiger partial charge >= 0.3 is 0 Å². The van der Waals surface area contributed by atoms with Crippen molar-refractivity contribution in [3.8, 4) is 0 Å². The fraction of sp³-hybridized carbons (Fsp3) is 1.00.